The number of benzene rings is 1. The molecule has 0 radical (unpaired) electrons. The highest BCUT2D eigenvalue weighted by Crippen LogP contribution is 2.19. The third-order valence-electron chi connectivity index (χ3n) is 4.40. The number of hydrogen-bond donors (Lipinski definition) is 0. The summed E-state index contributed by atoms with van der Waals surface area (Å²) in [5, 5.41) is 2.00. The van der Waals surface area contributed by atoms with Crippen LogP contribution in [0.1, 0.15) is 17.7 Å². The van der Waals surface area contributed by atoms with Gasteiger partial charge in [0, 0.05) is 36.9 Å². The number of carbonyl (C=O) groups excluding carboxylic acids is 1. The highest BCUT2D eigenvalue weighted by molar-refractivity contribution is 7.10. The van der Waals surface area contributed by atoms with Gasteiger partial charge in [0.1, 0.15) is 6.10 Å². The number of aromatic nitrogens is 2. The molecule has 3 heterocycles. The largest absolute Gasteiger partial charge is 0.473 e. The number of piperidine rings is 1. The highest BCUT2D eigenvalue weighted by atomic mass is 32.1. The van der Waals surface area contributed by atoms with Gasteiger partial charge in [-0.15, -0.1) is 11.3 Å². The molecule has 1 amide bonds. The van der Waals surface area contributed by atoms with E-state index in [9.17, 15) is 4.79 Å². The zero-order chi connectivity index (χ0) is 17.8. The molecule has 2 aromatic heterocycles. The Morgan fingerprint density at radius 3 is 2.73 bits per heavy atom. The van der Waals surface area contributed by atoms with Crippen LogP contribution in [0.3, 0.4) is 0 Å². The van der Waals surface area contributed by atoms with E-state index in [1.165, 1.54) is 0 Å². The number of carbonyl (C=O) groups is 1. The smallest absolute Gasteiger partial charge is 0.246 e. The van der Waals surface area contributed by atoms with E-state index in [4.69, 9.17) is 4.74 Å². The first-order valence-electron chi connectivity index (χ1n) is 8.67. The van der Waals surface area contributed by atoms with Crippen LogP contribution in [0.15, 0.2) is 54.1 Å². The Labute approximate surface area is 156 Å². The molecule has 0 atom stereocenters. The zero-order valence-corrected chi connectivity index (χ0v) is 15.1. The van der Waals surface area contributed by atoms with Gasteiger partial charge in [0.25, 0.3) is 0 Å². The molecular formula is C20H19N3O2S. The maximum Gasteiger partial charge on any atom is 0.246 e. The molecule has 0 bridgehead atoms. The van der Waals surface area contributed by atoms with E-state index in [1.807, 2.05) is 52.8 Å². The van der Waals surface area contributed by atoms with Crippen molar-refractivity contribution in [2.45, 2.75) is 18.9 Å². The standard InChI is InChI=1S/C20H19N3O2S/c24-20(8-7-16-4-3-13-26-16)23-11-9-15(10-12-23)25-19-14-21-17-5-1-2-6-18(17)22-19/h1-8,13-15H,9-12H2. The van der Waals surface area contributed by atoms with Crippen LogP contribution in [0.25, 0.3) is 17.1 Å². The molecule has 1 fully saturated rings. The van der Waals surface area contributed by atoms with Crippen LogP contribution in [0.2, 0.25) is 0 Å². The molecule has 0 spiro atoms. The van der Waals surface area contributed by atoms with E-state index >= 15 is 0 Å². The van der Waals surface area contributed by atoms with Crippen molar-refractivity contribution in [1.82, 2.24) is 14.9 Å². The summed E-state index contributed by atoms with van der Waals surface area (Å²) in [6.45, 7) is 1.39. The van der Waals surface area contributed by atoms with E-state index in [0.29, 0.717) is 19.0 Å². The van der Waals surface area contributed by atoms with Gasteiger partial charge in [-0.25, -0.2) is 9.97 Å². The van der Waals surface area contributed by atoms with E-state index in [2.05, 4.69) is 9.97 Å². The average Bonchev–Trinajstić information content (AvgIpc) is 3.20. The Morgan fingerprint density at radius 1 is 1.15 bits per heavy atom. The van der Waals surface area contributed by atoms with Crippen molar-refractivity contribution >= 4 is 34.4 Å². The Kier molecular flexibility index (Phi) is 4.93. The third kappa shape index (κ3) is 3.91. The number of fused-ring (bicyclic) bond motifs is 1. The van der Waals surface area contributed by atoms with Gasteiger partial charge in [0.2, 0.25) is 11.8 Å². The monoisotopic (exact) mass is 365 g/mol. The molecule has 1 aliphatic heterocycles. The lowest BCUT2D eigenvalue weighted by Gasteiger charge is -2.31. The van der Waals surface area contributed by atoms with Crippen molar-refractivity contribution < 1.29 is 9.53 Å². The van der Waals surface area contributed by atoms with Gasteiger partial charge in [-0.3, -0.25) is 4.79 Å². The van der Waals surface area contributed by atoms with Gasteiger partial charge in [0.05, 0.1) is 17.2 Å². The second-order valence-electron chi connectivity index (χ2n) is 6.19. The number of amides is 1. The van der Waals surface area contributed by atoms with Crippen LogP contribution < -0.4 is 4.74 Å². The first kappa shape index (κ1) is 16.7. The first-order valence-corrected chi connectivity index (χ1v) is 9.55. The number of rotatable bonds is 4. The van der Waals surface area contributed by atoms with Crippen molar-refractivity contribution in [2.24, 2.45) is 0 Å². The average molecular weight is 365 g/mol. The summed E-state index contributed by atoms with van der Waals surface area (Å²) in [6.07, 6.45) is 6.86. The normalized spacial score (nSPS) is 15.6. The van der Waals surface area contributed by atoms with Gasteiger partial charge in [-0.2, -0.15) is 0 Å². The number of para-hydroxylation sites is 2. The fourth-order valence-corrected chi connectivity index (χ4v) is 3.62. The maximum absolute atomic E-state index is 12.3. The zero-order valence-electron chi connectivity index (χ0n) is 14.2. The van der Waals surface area contributed by atoms with Gasteiger partial charge >= 0.3 is 0 Å². The quantitative estimate of drug-likeness (QED) is 0.661. The molecule has 0 aliphatic carbocycles. The minimum absolute atomic E-state index is 0.0577. The number of thiophene rings is 1. The second-order valence-corrected chi connectivity index (χ2v) is 7.17. The molecule has 6 heteroatoms. The van der Waals surface area contributed by atoms with Crippen LogP contribution in [0.4, 0.5) is 0 Å². The predicted molar refractivity (Wildman–Crippen MR) is 103 cm³/mol. The molecule has 132 valence electrons. The SMILES string of the molecule is O=C(C=Cc1cccs1)N1CCC(Oc2cnc3ccccc3n2)CC1. The van der Waals surface area contributed by atoms with Gasteiger partial charge < -0.3 is 9.64 Å². The van der Waals surface area contributed by atoms with Crippen LogP contribution in [0.5, 0.6) is 5.88 Å². The molecule has 0 saturated carbocycles. The minimum Gasteiger partial charge on any atom is -0.473 e. The van der Waals surface area contributed by atoms with Crippen LogP contribution in [0, 0.1) is 0 Å². The lowest BCUT2D eigenvalue weighted by atomic mass is 10.1. The van der Waals surface area contributed by atoms with E-state index < -0.39 is 0 Å². The summed E-state index contributed by atoms with van der Waals surface area (Å²) in [6, 6.07) is 11.7. The third-order valence-corrected chi connectivity index (χ3v) is 5.24. The summed E-state index contributed by atoms with van der Waals surface area (Å²) in [5.74, 6) is 0.605. The van der Waals surface area contributed by atoms with Gasteiger partial charge in [-0.05, 0) is 29.7 Å². The minimum atomic E-state index is 0.0577. The lowest BCUT2D eigenvalue weighted by molar-refractivity contribution is -0.127. The fourth-order valence-electron chi connectivity index (χ4n) is 3.01. The van der Waals surface area contributed by atoms with E-state index in [1.54, 1.807) is 23.6 Å². The van der Waals surface area contributed by atoms with Gasteiger partial charge in [-0.1, -0.05) is 18.2 Å². The predicted octanol–water partition coefficient (Wildman–Crippen LogP) is 3.77. The van der Waals surface area contributed by atoms with Crippen molar-refractivity contribution in [2.75, 3.05) is 13.1 Å². The summed E-state index contributed by atoms with van der Waals surface area (Å²) in [5.41, 5.74) is 1.69. The maximum atomic E-state index is 12.3. The number of nitrogens with zero attached hydrogens (tertiary/aromatic N) is 3. The topological polar surface area (TPSA) is 55.3 Å². The van der Waals surface area contributed by atoms with E-state index in [-0.39, 0.29) is 12.0 Å². The Hall–Kier alpha value is -2.73. The molecular weight excluding hydrogens is 346 g/mol. The Bertz CT molecular complexity index is 916. The van der Waals surface area contributed by atoms with Crippen molar-refractivity contribution in [3.8, 4) is 5.88 Å². The Balaban J connectivity index is 1.32. The Morgan fingerprint density at radius 2 is 1.96 bits per heavy atom. The molecule has 0 N–H and O–H groups in total. The number of ether oxygens (including phenoxy) is 1. The van der Waals surface area contributed by atoms with Crippen molar-refractivity contribution in [3.05, 3.63) is 58.9 Å². The molecule has 3 aromatic rings. The molecule has 0 unspecified atom stereocenters. The van der Waals surface area contributed by atoms with E-state index in [0.717, 1.165) is 28.8 Å². The van der Waals surface area contributed by atoms with Crippen molar-refractivity contribution in [1.29, 1.82) is 0 Å². The summed E-state index contributed by atoms with van der Waals surface area (Å²) in [7, 11) is 0. The number of hydrogen-bond acceptors (Lipinski definition) is 5. The second kappa shape index (κ2) is 7.66. The van der Waals surface area contributed by atoms with Gasteiger partial charge in [0.15, 0.2) is 0 Å². The summed E-state index contributed by atoms with van der Waals surface area (Å²) < 4.78 is 5.98. The lowest BCUT2D eigenvalue weighted by Crippen LogP contribution is -2.41. The van der Waals surface area contributed by atoms with Crippen molar-refractivity contribution in [3.63, 3.8) is 0 Å². The molecule has 4 rings (SSSR count). The highest BCUT2D eigenvalue weighted by Gasteiger charge is 2.23. The van der Waals surface area contributed by atoms with Crippen LogP contribution in [-0.4, -0.2) is 40.0 Å². The van der Waals surface area contributed by atoms with Crippen LogP contribution >= 0.6 is 11.3 Å². The summed E-state index contributed by atoms with van der Waals surface area (Å²) >= 11 is 1.62. The summed E-state index contributed by atoms with van der Waals surface area (Å²) in [4.78, 5) is 24.1. The van der Waals surface area contributed by atoms with Crippen LogP contribution in [-0.2, 0) is 4.79 Å². The molecule has 1 saturated heterocycles. The molecule has 1 aliphatic rings. The number of likely N-dealkylation sites (tertiary alicyclic amines) is 1. The molecule has 26 heavy (non-hydrogen) atoms. The first-order chi connectivity index (χ1) is 12.8. The molecule has 5 nitrogen and oxygen atoms in total. The molecule has 1 aromatic carbocycles. The fraction of sp³-hybridized carbons (Fsp3) is 0.250.